The predicted octanol–water partition coefficient (Wildman–Crippen LogP) is 2.26. The molecule has 2 heterocycles. The van der Waals surface area contributed by atoms with Crippen LogP contribution in [0.5, 0.6) is 0 Å². The van der Waals surface area contributed by atoms with Gasteiger partial charge >= 0.3 is 0 Å². The quantitative estimate of drug-likeness (QED) is 0.502. The van der Waals surface area contributed by atoms with Crippen LogP contribution in [0.3, 0.4) is 0 Å². The second-order valence-corrected chi connectivity index (χ2v) is 7.49. The van der Waals surface area contributed by atoms with Crippen LogP contribution in [0.25, 0.3) is 6.08 Å². The van der Waals surface area contributed by atoms with E-state index in [2.05, 4.69) is 24.0 Å². The van der Waals surface area contributed by atoms with Crippen molar-refractivity contribution in [2.75, 3.05) is 11.6 Å². The normalized spacial score (nSPS) is 13.9. The van der Waals surface area contributed by atoms with Gasteiger partial charge in [-0.3, -0.25) is 19.5 Å². The lowest BCUT2D eigenvalue weighted by molar-refractivity contribution is -0.384. The van der Waals surface area contributed by atoms with Crippen molar-refractivity contribution >= 4 is 28.8 Å². The summed E-state index contributed by atoms with van der Waals surface area (Å²) in [7, 11) is 0. The second kappa shape index (κ2) is 7.40. The van der Waals surface area contributed by atoms with Gasteiger partial charge in [-0.25, -0.2) is 4.99 Å². The summed E-state index contributed by atoms with van der Waals surface area (Å²) in [5.74, 6) is 0. The van der Waals surface area contributed by atoms with E-state index in [4.69, 9.17) is 0 Å². The van der Waals surface area contributed by atoms with Crippen molar-refractivity contribution in [3.63, 3.8) is 0 Å². The minimum Gasteiger partial charge on any atom is -0.334 e. The molecule has 28 heavy (non-hydrogen) atoms. The monoisotopic (exact) mass is 394 g/mol. The van der Waals surface area contributed by atoms with E-state index >= 15 is 0 Å². The van der Waals surface area contributed by atoms with Gasteiger partial charge in [0.15, 0.2) is 4.80 Å². The first-order valence-corrected chi connectivity index (χ1v) is 9.71. The molecule has 1 aliphatic heterocycles. The summed E-state index contributed by atoms with van der Waals surface area (Å²) in [4.78, 5) is 30.6. The third kappa shape index (κ3) is 3.46. The highest BCUT2D eigenvalue weighted by molar-refractivity contribution is 7.07. The number of non-ortho nitro benzene ring substituents is 1. The van der Waals surface area contributed by atoms with Crippen LogP contribution in [-0.4, -0.2) is 16.2 Å². The molecule has 0 saturated carbocycles. The fraction of sp³-hybridized carbons (Fsp3) is 0.200. The highest BCUT2D eigenvalue weighted by Crippen LogP contribution is 2.17. The van der Waals surface area contributed by atoms with Crippen LogP contribution in [-0.2, 0) is 13.1 Å². The molecule has 1 aromatic heterocycles. The first-order valence-electron chi connectivity index (χ1n) is 8.89. The zero-order chi connectivity index (χ0) is 19.7. The van der Waals surface area contributed by atoms with Gasteiger partial charge in [-0.05, 0) is 35.8 Å². The maximum atomic E-state index is 12.8. The van der Waals surface area contributed by atoms with Gasteiger partial charge in [-0.2, -0.15) is 0 Å². The molecule has 0 radical (unpaired) electrons. The van der Waals surface area contributed by atoms with Crippen LogP contribution in [0.15, 0.2) is 58.3 Å². The van der Waals surface area contributed by atoms with Crippen LogP contribution < -0.4 is 19.8 Å². The summed E-state index contributed by atoms with van der Waals surface area (Å²) in [5.41, 5.74) is 2.78. The molecule has 0 atom stereocenters. The van der Waals surface area contributed by atoms with Crippen LogP contribution in [0.1, 0.15) is 18.1 Å². The molecule has 1 aliphatic rings. The third-order valence-electron chi connectivity index (χ3n) is 4.67. The number of thiazole rings is 1. The molecule has 0 spiro atoms. The molecule has 2 aromatic carbocycles. The summed E-state index contributed by atoms with van der Waals surface area (Å²) in [6.07, 6.45) is 2.66. The number of rotatable bonds is 4. The van der Waals surface area contributed by atoms with Crippen molar-refractivity contribution < 1.29 is 4.92 Å². The van der Waals surface area contributed by atoms with Gasteiger partial charge in [0.05, 0.1) is 9.46 Å². The summed E-state index contributed by atoms with van der Waals surface area (Å²) in [6, 6.07) is 14.5. The Balaban J connectivity index is 1.67. The molecule has 142 valence electrons. The van der Waals surface area contributed by atoms with E-state index in [1.165, 1.54) is 29.0 Å². The largest absolute Gasteiger partial charge is 0.334 e. The number of nitro groups is 1. The Kier molecular flexibility index (Phi) is 4.79. The molecule has 0 N–H and O–H groups in total. The molecule has 8 heteroatoms. The Bertz CT molecular complexity index is 1210. The third-order valence-corrected chi connectivity index (χ3v) is 5.71. The Labute approximate surface area is 164 Å². The molecule has 3 aromatic rings. The number of anilines is 1. The highest BCUT2D eigenvalue weighted by atomic mass is 32.1. The molecular weight excluding hydrogens is 376 g/mol. The minimum absolute atomic E-state index is 0.00144. The summed E-state index contributed by atoms with van der Waals surface area (Å²) >= 11 is 1.31. The minimum atomic E-state index is -0.444. The van der Waals surface area contributed by atoms with Gasteiger partial charge in [0.1, 0.15) is 13.3 Å². The van der Waals surface area contributed by atoms with Crippen molar-refractivity contribution in [1.29, 1.82) is 0 Å². The number of aromatic nitrogens is 1. The lowest BCUT2D eigenvalue weighted by Gasteiger charge is -2.25. The lowest BCUT2D eigenvalue weighted by atomic mass is 10.1. The van der Waals surface area contributed by atoms with Gasteiger partial charge in [0, 0.05) is 17.8 Å². The molecule has 0 unspecified atom stereocenters. The lowest BCUT2D eigenvalue weighted by Crippen LogP contribution is -2.42. The van der Waals surface area contributed by atoms with Gasteiger partial charge in [0.25, 0.3) is 11.2 Å². The van der Waals surface area contributed by atoms with Crippen molar-refractivity contribution in [2.45, 2.75) is 20.0 Å². The molecular formula is C20H18N4O3S. The van der Waals surface area contributed by atoms with Crippen molar-refractivity contribution in [2.24, 2.45) is 4.99 Å². The Morgan fingerprint density at radius 3 is 2.75 bits per heavy atom. The average molecular weight is 394 g/mol. The van der Waals surface area contributed by atoms with Gasteiger partial charge < -0.3 is 4.90 Å². The van der Waals surface area contributed by atoms with E-state index in [-0.39, 0.29) is 11.2 Å². The Hall–Kier alpha value is -3.26. The van der Waals surface area contributed by atoms with E-state index in [9.17, 15) is 14.9 Å². The van der Waals surface area contributed by atoms with Crippen molar-refractivity contribution in [3.8, 4) is 0 Å². The smallest absolute Gasteiger partial charge is 0.271 e. The number of nitro benzene ring substituents is 1. The van der Waals surface area contributed by atoms with Crippen molar-refractivity contribution in [1.82, 2.24) is 4.57 Å². The maximum Gasteiger partial charge on any atom is 0.271 e. The Morgan fingerprint density at radius 1 is 1.25 bits per heavy atom. The Morgan fingerprint density at radius 2 is 2.04 bits per heavy atom. The average Bonchev–Trinajstić information content (AvgIpc) is 3.03. The van der Waals surface area contributed by atoms with Gasteiger partial charge in [-0.1, -0.05) is 42.5 Å². The SMILES string of the molecule is CCc1ccc(N2CN=c3sc(=Cc4cccc([N+](=O)[O-])c4)c(=O)n3C2)cc1. The van der Waals surface area contributed by atoms with E-state index < -0.39 is 4.92 Å². The second-order valence-electron chi connectivity index (χ2n) is 6.48. The number of nitrogens with zero attached hydrogens (tertiary/aromatic N) is 4. The molecule has 0 aliphatic carbocycles. The standard InChI is InChI=1S/C20H18N4O3S/c1-2-14-6-8-16(9-7-14)22-12-21-20-23(13-22)19(25)18(28-20)11-15-4-3-5-17(10-15)24(26)27/h3-11H,2,12-13H2,1H3. The zero-order valence-electron chi connectivity index (χ0n) is 15.2. The maximum absolute atomic E-state index is 12.8. The molecule has 7 nitrogen and oxygen atoms in total. The van der Waals surface area contributed by atoms with Crippen LogP contribution >= 0.6 is 11.3 Å². The molecule has 0 fully saturated rings. The topological polar surface area (TPSA) is 80.7 Å². The first-order chi connectivity index (χ1) is 13.5. The van der Waals surface area contributed by atoms with Crippen molar-refractivity contribution in [3.05, 3.63) is 89.5 Å². The van der Waals surface area contributed by atoms with E-state index in [1.807, 2.05) is 17.0 Å². The number of aryl methyl sites for hydroxylation is 1. The molecule has 0 saturated heterocycles. The molecule has 4 rings (SSSR count). The number of benzene rings is 2. The van der Waals surface area contributed by atoms with Crippen LogP contribution in [0, 0.1) is 10.1 Å². The van der Waals surface area contributed by atoms with Gasteiger partial charge in [0.2, 0.25) is 0 Å². The predicted molar refractivity (Wildman–Crippen MR) is 109 cm³/mol. The van der Waals surface area contributed by atoms with E-state index in [0.29, 0.717) is 28.2 Å². The molecule has 0 bridgehead atoms. The summed E-state index contributed by atoms with van der Waals surface area (Å²) in [5, 5.41) is 11.0. The number of fused-ring (bicyclic) bond motifs is 1. The highest BCUT2D eigenvalue weighted by Gasteiger charge is 2.16. The fourth-order valence-electron chi connectivity index (χ4n) is 3.10. The zero-order valence-corrected chi connectivity index (χ0v) is 16.1. The first kappa shape index (κ1) is 18.1. The van der Waals surface area contributed by atoms with Gasteiger partial charge in [-0.15, -0.1) is 0 Å². The number of hydrogen-bond donors (Lipinski definition) is 0. The van der Waals surface area contributed by atoms with Crippen LogP contribution in [0.4, 0.5) is 11.4 Å². The van der Waals surface area contributed by atoms with Crippen LogP contribution in [0.2, 0.25) is 0 Å². The number of hydrogen-bond acceptors (Lipinski definition) is 6. The van der Waals surface area contributed by atoms with E-state index in [1.54, 1.807) is 22.8 Å². The summed E-state index contributed by atoms with van der Waals surface area (Å²) < 4.78 is 2.16. The summed E-state index contributed by atoms with van der Waals surface area (Å²) in [6.45, 7) is 3.03. The van der Waals surface area contributed by atoms with E-state index in [0.717, 1.165) is 12.1 Å². The fourth-order valence-corrected chi connectivity index (χ4v) is 4.06. The molecule has 0 amide bonds.